The summed E-state index contributed by atoms with van der Waals surface area (Å²) >= 11 is 0. The predicted octanol–water partition coefficient (Wildman–Crippen LogP) is 4.19. The fraction of sp³-hybridized carbons (Fsp3) is 0.944. The maximum atomic E-state index is 5.50. The number of unbranched alkanes of at least 4 members (excludes halogenated alkanes) is 1. The molecule has 0 radical (unpaired) electrons. The maximum absolute atomic E-state index is 5.50. The first kappa shape index (κ1) is 23.0. The molecule has 1 aliphatic rings. The second-order valence-corrected chi connectivity index (χ2v) is 6.67. The topological polar surface area (TPSA) is 45.7 Å². The van der Waals surface area contributed by atoms with E-state index in [1.807, 2.05) is 7.05 Å². The van der Waals surface area contributed by atoms with E-state index in [1.165, 1.54) is 44.9 Å². The summed E-state index contributed by atoms with van der Waals surface area (Å²) in [6, 6.07) is 0. The van der Waals surface area contributed by atoms with E-state index >= 15 is 0 Å². The maximum Gasteiger partial charge on any atom is 0.191 e. The average molecular weight is 439 g/mol. The highest BCUT2D eigenvalue weighted by atomic mass is 127. The highest BCUT2D eigenvalue weighted by Gasteiger charge is 2.41. The van der Waals surface area contributed by atoms with Crippen molar-refractivity contribution >= 4 is 29.9 Å². The van der Waals surface area contributed by atoms with Gasteiger partial charge in [-0.05, 0) is 43.9 Å². The molecule has 0 heterocycles. The fourth-order valence-corrected chi connectivity index (χ4v) is 2.80. The summed E-state index contributed by atoms with van der Waals surface area (Å²) in [6.45, 7) is 10.4. The fourth-order valence-electron chi connectivity index (χ4n) is 2.80. The normalized spacial score (nSPS) is 17.3. The Bertz CT molecular complexity index is 319. The van der Waals surface area contributed by atoms with Crippen LogP contribution in [0.3, 0.4) is 0 Å². The van der Waals surface area contributed by atoms with E-state index in [9.17, 15) is 0 Å². The van der Waals surface area contributed by atoms with Crippen LogP contribution in [0.5, 0.6) is 0 Å². The van der Waals surface area contributed by atoms with Gasteiger partial charge < -0.3 is 15.4 Å². The van der Waals surface area contributed by atoms with Crippen molar-refractivity contribution in [3.8, 4) is 0 Å². The molecule has 0 aliphatic heterocycles. The van der Waals surface area contributed by atoms with Gasteiger partial charge in [0.2, 0.25) is 0 Å². The van der Waals surface area contributed by atoms with Crippen molar-refractivity contribution in [3.63, 3.8) is 0 Å². The summed E-state index contributed by atoms with van der Waals surface area (Å²) in [6.07, 6.45) is 8.96. The summed E-state index contributed by atoms with van der Waals surface area (Å²) in [7, 11) is 1.86. The second kappa shape index (κ2) is 13.3. The summed E-state index contributed by atoms with van der Waals surface area (Å²) in [5, 5.41) is 7.02. The Morgan fingerprint density at radius 3 is 2.48 bits per heavy atom. The molecular weight excluding hydrogens is 401 g/mol. The van der Waals surface area contributed by atoms with E-state index in [-0.39, 0.29) is 24.0 Å². The first-order valence-corrected chi connectivity index (χ1v) is 9.22. The van der Waals surface area contributed by atoms with E-state index in [0.717, 1.165) is 38.2 Å². The molecule has 1 unspecified atom stereocenters. The van der Waals surface area contributed by atoms with Crippen LogP contribution in [0.4, 0.5) is 0 Å². The predicted molar refractivity (Wildman–Crippen MR) is 111 cm³/mol. The van der Waals surface area contributed by atoms with Crippen molar-refractivity contribution in [1.82, 2.24) is 10.6 Å². The van der Waals surface area contributed by atoms with Gasteiger partial charge in [-0.1, -0.05) is 33.1 Å². The van der Waals surface area contributed by atoms with Crippen LogP contribution in [0, 0.1) is 11.3 Å². The third-order valence-electron chi connectivity index (χ3n) is 4.89. The molecule has 0 aromatic carbocycles. The average Bonchev–Trinajstić information content (AvgIpc) is 3.30. The summed E-state index contributed by atoms with van der Waals surface area (Å²) in [4.78, 5) is 4.37. The van der Waals surface area contributed by atoms with E-state index in [4.69, 9.17) is 4.74 Å². The zero-order valence-electron chi connectivity index (χ0n) is 15.6. The van der Waals surface area contributed by atoms with Crippen LogP contribution < -0.4 is 10.6 Å². The van der Waals surface area contributed by atoms with Crippen molar-refractivity contribution in [1.29, 1.82) is 0 Å². The third kappa shape index (κ3) is 9.75. The van der Waals surface area contributed by atoms with Crippen LogP contribution in [0.25, 0.3) is 0 Å². The van der Waals surface area contributed by atoms with E-state index in [0.29, 0.717) is 5.41 Å². The van der Waals surface area contributed by atoms with Gasteiger partial charge in [0.25, 0.3) is 0 Å². The van der Waals surface area contributed by atoms with E-state index < -0.39 is 0 Å². The van der Waals surface area contributed by atoms with Gasteiger partial charge in [0.15, 0.2) is 5.96 Å². The number of nitrogens with one attached hydrogen (secondary N) is 2. The van der Waals surface area contributed by atoms with Gasteiger partial charge in [0, 0.05) is 33.4 Å². The molecule has 138 valence electrons. The highest BCUT2D eigenvalue weighted by molar-refractivity contribution is 14.0. The van der Waals surface area contributed by atoms with E-state index in [2.05, 4.69) is 36.4 Å². The molecule has 0 bridgehead atoms. The molecular formula is C18H38IN3O. The Balaban J connectivity index is 0.00000484. The zero-order chi connectivity index (χ0) is 16.3. The number of aliphatic imine (C=N–C) groups is 1. The standard InChI is InChI=1S/C18H37N3O.HI/c1-5-8-9-16(6-2)14-20-17(19-4)21-15-18(10-11-18)12-13-22-7-3;/h16H,5-15H2,1-4H3,(H2,19,20,21);1H. The van der Waals surface area contributed by atoms with Gasteiger partial charge >= 0.3 is 0 Å². The highest BCUT2D eigenvalue weighted by Crippen LogP contribution is 2.48. The molecule has 2 N–H and O–H groups in total. The van der Waals surface area contributed by atoms with Crippen molar-refractivity contribution in [3.05, 3.63) is 0 Å². The Labute approximate surface area is 160 Å². The molecule has 1 saturated carbocycles. The molecule has 0 aromatic rings. The zero-order valence-corrected chi connectivity index (χ0v) is 17.9. The van der Waals surface area contributed by atoms with E-state index in [1.54, 1.807) is 0 Å². The van der Waals surface area contributed by atoms with Gasteiger partial charge in [0.1, 0.15) is 0 Å². The Kier molecular flexibility index (Phi) is 13.3. The minimum atomic E-state index is 0. The SMILES string of the molecule is CCCCC(CC)CNC(=NC)NCC1(CCOCC)CC1.I. The van der Waals surface area contributed by atoms with Gasteiger partial charge in [-0.3, -0.25) is 4.99 Å². The van der Waals surface area contributed by atoms with Crippen LogP contribution in [-0.4, -0.2) is 39.3 Å². The van der Waals surface area contributed by atoms with Crippen LogP contribution in [0.1, 0.15) is 65.7 Å². The Morgan fingerprint density at radius 2 is 1.96 bits per heavy atom. The van der Waals surface area contributed by atoms with Gasteiger partial charge in [-0.2, -0.15) is 0 Å². The smallest absolute Gasteiger partial charge is 0.191 e. The van der Waals surface area contributed by atoms with Gasteiger partial charge in [-0.25, -0.2) is 0 Å². The van der Waals surface area contributed by atoms with Crippen molar-refractivity contribution in [2.24, 2.45) is 16.3 Å². The summed E-state index contributed by atoms with van der Waals surface area (Å²) in [5.74, 6) is 1.71. The number of guanidine groups is 1. The Morgan fingerprint density at radius 1 is 1.22 bits per heavy atom. The third-order valence-corrected chi connectivity index (χ3v) is 4.89. The van der Waals surface area contributed by atoms with Crippen molar-refractivity contribution in [2.45, 2.75) is 65.7 Å². The molecule has 1 aliphatic carbocycles. The molecule has 1 atom stereocenters. The Hall–Kier alpha value is -0.0400. The summed E-state index contributed by atoms with van der Waals surface area (Å²) < 4.78 is 5.50. The van der Waals surface area contributed by atoms with Crippen molar-refractivity contribution in [2.75, 3.05) is 33.4 Å². The minimum absolute atomic E-state index is 0. The van der Waals surface area contributed by atoms with Gasteiger partial charge in [-0.15, -0.1) is 24.0 Å². The molecule has 0 spiro atoms. The molecule has 0 saturated heterocycles. The monoisotopic (exact) mass is 439 g/mol. The first-order chi connectivity index (χ1) is 10.7. The molecule has 4 nitrogen and oxygen atoms in total. The number of rotatable bonds is 12. The number of nitrogens with zero attached hydrogens (tertiary/aromatic N) is 1. The molecule has 0 amide bonds. The molecule has 0 aromatic heterocycles. The lowest BCUT2D eigenvalue weighted by Gasteiger charge is -2.21. The van der Waals surface area contributed by atoms with Crippen LogP contribution in [0.2, 0.25) is 0 Å². The largest absolute Gasteiger partial charge is 0.382 e. The molecule has 23 heavy (non-hydrogen) atoms. The molecule has 1 rings (SSSR count). The minimum Gasteiger partial charge on any atom is -0.382 e. The number of ether oxygens (including phenoxy) is 1. The van der Waals surface area contributed by atoms with Crippen LogP contribution >= 0.6 is 24.0 Å². The number of halogens is 1. The quantitative estimate of drug-likeness (QED) is 0.208. The van der Waals surface area contributed by atoms with Crippen molar-refractivity contribution < 1.29 is 4.74 Å². The van der Waals surface area contributed by atoms with Crippen LogP contribution in [-0.2, 0) is 4.74 Å². The number of hydrogen-bond donors (Lipinski definition) is 2. The van der Waals surface area contributed by atoms with Gasteiger partial charge in [0.05, 0.1) is 0 Å². The van der Waals surface area contributed by atoms with Crippen LogP contribution in [0.15, 0.2) is 4.99 Å². The first-order valence-electron chi connectivity index (χ1n) is 9.22. The second-order valence-electron chi connectivity index (χ2n) is 6.67. The lowest BCUT2D eigenvalue weighted by atomic mass is 9.99. The lowest BCUT2D eigenvalue weighted by Crippen LogP contribution is -2.42. The lowest BCUT2D eigenvalue weighted by molar-refractivity contribution is 0.128. The number of hydrogen-bond acceptors (Lipinski definition) is 2. The summed E-state index contributed by atoms with van der Waals surface area (Å²) in [5.41, 5.74) is 0.457. The molecule has 5 heteroatoms. The molecule has 1 fully saturated rings.